The van der Waals surface area contributed by atoms with Crippen LogP contribution in [0.5, 0.6) is 5.75 Å². The average Bonchev–Trinajstić information content (AvgIpc) is 2.55. The van der Waals surface area contributed by atoms with Crippen molar-refractivity contribution in [1.82, 2.24) is 5.32 Å². The largest absolute Gasteiger partial charge is 0.506 e. The van der Waals surface area contributed by atoms with Crippen LogP contribution in [-0.2, 0) is 6.18 Å². The van der Waals surface area contributed by atoms with E-state index in [-0.39, 0.29) is 12.3 Å². The smallest absolute Gasteiger partial charge is 0.416 e. The predicted molar refractivity (Wildman–Crippen MR) is 83.4 cm³/mol. The fourth-order valence-electron chi connectivity index (χ4n) is 2.43. The van der Waals surface area contributed by atoms with Gasteiger partial charge in [0.05, 0.1) is 11.3 Å². The Labute approximate surface area is 135 Å². The number of carbonyl (C=O) groups excluding carboxylic acids is 1. The summed E-state index contributed by atoms with van der Waals surface area (Å²) in [6.07, 6.45) is -2.72. The SMILES string of the molecule is O=C1NC(c2ccc(C(F)(F)F)cc2)=CCN1c1ccccc1O. The van der Waals surface area contributed by atoms with E-state index in [0.29, 0.717) is 16.9 Å². The van der Waals surface area contributed by atoms with E-state index in [1.54, 1.807) is 24.3 Å². The number of hydrogen-bond donors (Lipinski definition) is 2. The van der Waals surface area contributed by atoms with Crippen LogP contribution in [0.4, 0.5) is 23.7 Å². The number of rotatable bonds is 2. The molecule has 124 valence electrons. The number of amides is 2. The van der Waals surface area contributed by atoms with Crippen molar-refractivity contribution >= 4 is 17.4 Å². The number of halogens is 3. The van der Waals surface area contributed by atoms with Crippen molar-refractivity contribution < 1.29 is 23.1 Å². The molecule has 2 aromatic carbocycles. The first kappa shape index (κ1) is 15.9. The van der Waals surface area contributed by atoms with Crippen LogP contribution in [0.2, 0.25) is 0 Å². The molecule has 4 nitrogen and oxygen atoms in total. The first-order valence-electron chi connectivity index (χ1n) is 7.10. The minimum atomic E-state index is -4.40. The van der Waals surface area contributed by atoms with Crippen LogP contribution in [0, 0.1) is 0 Å². The predicted octanol–water partition coefficient (Wildman–Crippen LogP) is 3.98. The summed E-state index contributed by atoms with van der Waals surface area (Å²) in [6.45, 7) is 0.194. The summed E-state index contributed by atoms with van der Waals surface area (Å²) in [6, 6.07) is 10.5. The zero-order chi connectivity index (χ0) is 17.3. The van der Waals surface area contributed by atoms with Crippen molar-refractivity contribution in [3.63, 3.8) is 0 Å². The van der Waals surface area contributed by atoms with Crippen LogP contribution < -0.4 is 10.2 Å². The summed E-state index contributed by atoms with van der Waals surface area (Å²) in [5.41, 5.74) is 0.524. The molecule has 0 aliphatic carbocycles. The van der Waals surface area contributed by atoms with Gasteiger partial charge in [-0.05, 0) is 35.9 Å². The molecule has 2 amide bonds. The molecule has 1 aliphatic rings. The Kier molecular flexibility index (Phi) is 3.92. The lowest BCUT2D eigenvalue weighted by Crippen LogP contribution is -2.43. The van der Waals surface area contributed by atoms with E-state index in [2.05, 4.69) is 5.32 Å². The zero-order valence-electron chi connectivity index (χ0n) is 12.3. The van der Waals surface area contributed by atoms with Gasteiger partial charge in [0, 0.05) is 12.2 Å². The van der Waals surface area contributed by atoms with Gasteiger partial charge >= 0.3 is 12.2 Å². The number of hydrogen-bond acceptors (Lipinski definition) is 2. The first-order valence-corrected chi connectivity index (χ1v) is 7.10. The van der Waals surface area contributed by atoms with E-state index in [4.69, 9.17) is 0 Å². The van der Waals surface area contributed by atoms with E-state index in [1.807, 2.05) is 0 Å². The fraction of sp³-hybridized carbons (Fsp3) is 0.118. The van der Waals surface area contributed by atoms with Gasteiger partial charge in [0.1, 0.15) is 5.75 Å². The van der Waals surface area contributed by atoms with Crippen molar-refractivity contribution in [3.05, 3.63) is 65.7 Å². The fourth-order valence-corrected chi connectivity index (χ4v) is 2.43. The normalized spacial score (nSPS) is 15.0. The summed E-state index contributed by atoms with van der Waals surface area (Å²) in [5.74, 6) is -0.0287. The molecule has 7 heteroatoms. The molecule has 2 N–H and O–H groups in total. The second-order valence-electron chi connectivity index (χ2n) is 5.22. The summed E-state index contributed by atoms with van der Waals surface area (Å²) in [7, 11) is 0. The summed E-state index contributed by atoms with van der Waals surface area (Å²) >= 11 is 0. The number of para-hydroxylation sites is 2. The standard InChI is InChI=1S/C17H13F3N2O2/c18-17(19,20)12-7-5-11(6-8-12)13-9-10-22(16(24)21-13)14-3-1-2-4-15(14)23/h1-9,23H,10H2,(H,21,24). The van der Waals surface area contributed by atoms with Gasteiger partial charge in [0.15, 0.2) is 0 Å². The van der Waals surface area contributed by atoms with Crippen LogP contribution in [0.25, 0.3) is 5.70 Å². The lowest BCUT2D eigenvalue weighted by atomic mass is 10.1. The molecule has 0 aromatic heterocycles. The highest BCUT2D eigenvalue weighted by atomic mass is 19.4. The molecule has 3 rings (SSSR count). The molecule has 2 aromatic rings. The highest BCUT2D eigenvalue weighted by molar-refractivity contribution is 6.00. The number of urea groups is 1. The van der Waals surface area contributed by atoms with Crippen molar-refractivity contribution in [3.8, 4) is 5.75 Å². The van der Waals surface area contributed by atoms with Crippen molar-refractivity contribution in [2.24, 2.45) is 0 Å². The van der Waals surface area contributed by atoms with E-state index in [1.165, 1.54) is 23.1 Å². The Bertz CT molecular complexity index is 798. The van der Waals surface area contributed by atoms with Crippen LogP contribution in [0.15, 0.2) is 54.6 Å². The second kappa shape index (κ2) is 5.92. The van der Waals surface area contributed by atoms with Gasteiger partial charge in [-0.25, -0.2) is 4.79 Å². The number of anilines is 1. The maximum atomic E-state index is 12.6. The van der Waals surface area contributed by atoms with Gasteiger partial charge in [0.2, 0.25) is 0 Å². The maximum absolute atomic E-state index is 12.6. The lowest BCUT2D eigenvalue weighted by molar-refractivity contribution is -0.137. The molecular weight excluding hydrogens is 321 g/mol. The molecule has 24 heavy (non-hydrogen) atoms. The van der Waals surface area contributed by atoms with Gasteiger partial charge < -0.3 is 10.4 Å². The number of phenols is 1. The minimum absolute atomic E-state index is 0.0287. The third-order valence-corrected chi connectivity index (χ3v) is 3.66. The van der Waals surface area contributed by atoms with Crippen molar-refractivity contribution in [2.75, 3.05) is 11.4 Å². The number of carbonyl (C=O) groups is 1. The molecule has 0 atom stereocenters. The van der Waals surface area contributed by atoms with Gasteiger partial charge in [-0.15, -0.1) is 0 Å². The molecule has 0 saturated carbocycles. The monoisotopic (exact) mass is 334 g/mol. The summed E-state index contributed by atoms with van der Waals surface area (Å²) in [5, 5.41) is 12.4. The topological polar surface area (TPSA) is 52.6 Å². The third kappa shape index (κ3) is 3.05. The van der Waals surface area contributed by atoms with E-state index in [0.717, 1.165) is 12.1 Å². The molecule has 0 spiro atoms. The van der Waals surface area contributed by atoms with E-state index in [9.17, 15) is 23.1 Å². The zero-order valence-corrected chi connectivity index (χ0v) is 12.3. The molecule has 0 unspecified atom stereocenters. The molecule has 0 fully saturated rings. The molecule has 0 radical (unpaired) electrons. The van der Waals surface area contributed by atoms with E-state index < -0.39 is 17.8 Å². The Morgan fingerprint density at radius 2 is 1.71 bits per heavy atom. The molecule has 0 bridgehead atoms. The number of nitrogens with one attached hydrogen (secondary N) is 1. The number of benzene rings is 2. The Hall–Kier alpha value is -2.96. The van der Waals surface area contributed by atoms with Crippen LogP contribution in [-0.4, -0.2) is 17.7 Å². The molecule has 0 saturated heterocycles. The number of alkyl halides is 3. The summed E-state index contributed by atoms with van der Waals surface area (Å²) in [4.78, 5) is 13.6. The van der Waals surface area contributed by atoms with Crippen LogP contribution in [0.3, 0.4) is 0 Å². The lowest BCUT2D eigenvalue weighted by Gasteiger charge is -2.28. The van der Waals surface area contributed by atoms with Gasteiger partial charge in [-0.3, -0.25) is 4.90 Å². The first-order chi connectivity index (χ1) is 11.4. The highest BCUT2D eigenvalue weighted by Gasteiger charge is 2.30. The Morgan fingerprint density at radius 1 is 1.04 bits per heavy atom. The minimum Gasteiger partial charge on any atom is -0.506 e. The number of nitrogens with zero attached hydrogens (tertiary/aromatic N) is 1. The maximum Gasteiger partial charge on any atom is 0.416 e. The Balaban J connectivity index is 1.83. The van der Waals surface area contributed by atoms with Crippen molar-refractivity contribution in [2.45, 2.75) is 6.18 Å². The van der Waals surface area contributed by atoms with Crippen molar-refractivity contribution in [1.29, 1.82) is 0 Å². The second-order valence-corrected chi connectivity index (χ2v) is 5.22. The average molecular weight is 334 g/mol. The molecular formula is C17H13F3N2O2. The highest BCUT2D eigenvalue weighted by Crippen LogP contribution is 2.31. The molecule has 1 aliphatic heterocycles. The number of phenolic OH excluding ortho intramolecular Hbond substituents is 1. The third-order valence-electron chi connectivity index (χ3n) is 3.66. The van der Waals surface area contributed by atoms with Gasteiger partial charge in [0.25, 0.3) is 0 Å². The van der Waals surface area contributed by atoms with Gasteiger partial charge in [-0.2, -0.15) is 13.2 Å². The van der Waals surface area contributed by atoms with Gasteiger partial charge in [-0.1, -0.05) is 24.3 Å². The van der Waals surface area contributed by atoms with Crippen LogP contribution >= 0.6 is 0 Å². The van der Waals surface area contributed by atoms with Crippen LogP contribution in [0.1, 0.15) is 11.1 Å². The Morgan fingerprint density at radius 3 is 2.29 bits per heavy atom. The quantitative estimate of drug-likeness (QED) is 0.873. The number of aromatic hydroxyl groups is 1. The molecule has 1 heterocycles. The van der Waals surface area contributed by atoms with E-state index >= 15 is 0 Å². The summed E-state index contributed by atoms with van der Waals surface area (Å²) < 4.78 is 37.8.